The fourth-order valence-corrected chi connectivity index (χ4v) is 3.89. The van der Waals surface area contributed by atoms with E-state index in [1.165, 1.54) is 4.57 Å². The lowest BCUT2D eigenvalue weighted by Gasteiger charge is -2.25. The molecule has 1 aromatic carbocycles. The normalized spacial score (nSPS) is 21.1. The van der Waals surface area contributed by atoms with Crippen LogP contribution in [0, 0.1) is 12.3 Å². The summed E-state index contributed by atoms with van der Waals surface area (Å²) in [5.74, 6) is -0.778. The van der Waals surface area contributed by atoms with Crippen LogP contribution in [0.4, 0.5) is 0 Å². The van der Waals surface area contributed by atoms with Gasteiger partial charge in [0.1, 0.15) is 11.9 Å². The molecule has 1 aliphatic heterocycles. The fourth-order valence-electron chi connectivity index (χ4n) is 3.89. The molecule has 2 fully saturated rings. The number of nitrogens with zero attached hydrogens (tertiary/aromatic N) is 2. The molecule has 1 atom stereocenters. The number of aromatic nitrogens is 2. The zero-order valence-corrected chi connectivity index (χ0v) is 14.9. The van der Waals surface area contributed by atoms with Gasteiger partial charge < -0.3 is 5.73 Å². The Morgan fingerprint density at radius 2 is 2.07 bits per heavy atom. The number of hydrogen-bond acceptors (Lipinski definition) is 5. The van der Waals surface area contributed by atoms with Crippen LogP contribution >= 0.6 is 0 Å². The maximum absolute atomic E-state index is 13.3. The summed E-state index contributed by atoms with van der Waals surface area (Å²) in [7, 11) is 0. The van der Waals surface area contributed by atoms with Gasteiger partial charge in [0, 0.05) is 6.42 Å². The third kappa shape index (κ3) is 2.81. The van der Waals surface area contributed by atoms with Crippen LogP contribution in [0.25, 0.3) is 10.9 Å². The molecule has 1 saturated heterocycles. The first-order chi connectivity index (χ1) is 12.8. The number of aryl methyl sites for hydroxylation is 1. The van der Waals surface area contributed by atoms with Crippen LogP contribution in [0.1, 0.15) is 43.1 Å². The van der Waals surface area contributed by atoms with E-state index in [4.69, 9.17) is 5.73 Å². The Kier molecular flexibility index (Phi) is 3.87. The molecule has 2 heterocycles. The van der Waals surface area contributed by atoms with Crippen molar-refractivity contribution in [2.75, 3.05) is 0 Å². The van der Waals surface area contributed by atoms with Crippen molar-refractivity contribution in [3.63, 3.8) is 0 Å². The van der Waals surface area contributed by atoms with Crippen molar-refractivity contribution in [2.24, 2.45) is 11.1 Å². The number of carbonyl (C=O) groups is 3. The second-order valence-electron chi connectivity index (χ2n) is 7.43. The molecule has 1 aromatic heterocycles. The monoisotopic (exact) mass is 368 g/mol. The fraction of sp³-hybridized carbons (Fsp3) is 0.421. The molecule has 2 aliphatic rings. The largest absolute Gasteiger partial charge is 0.369 e. The summed E-state index contributed by atoms with van der Waals surface area (Å²) >= 11 is 0. The van der Waals surface area contributed by atoms with Crippen LogP contribution in [-0.4, -0.2) is 27.3 Å². The molecule has 1 saturated carbocycles. The Hall–Kier alpha value is -3.03. The average molecular weight is 368 g/mol. The first kappa shape index (κ1) is 17.4. The predicted octanol–water partition coefficient (Wildman–Crippen LogP) is 0.491. The third-order valence-corrected chi connectivity index (χ3v) is 5.62. The lowest BCUT2D eigenvalue weighted by Crippen LogP contribution is -2.45. The average Bonchev–Trinajstić information content (AvgIpc) is 3.37. The van der Waals surface area contributed by atoms with Crippen molar-refractivity contribution in [3.05, 3.63) is 39.9 Å². The van der Waals surface area contributed by atoms with Crippen molar-refractivity contribution < 1.29 is 14.4 Å². The van der Waals surface area contributed by atoms with E-state index in [1.54, 1.807) is 25.1 Å². The molecule has 4 rings (SSSR count). The van der Waals surface area contributed by atoms with Gasteiger partial charge in [-0.1, -0.05) is 12.1 Å². The number of rotatable bonds is 4. The summed E-state index contributed by atoms with van der Waals surface area (Å²) in [5, 5.41) is 2.68. The maximum Gasteiger partial charge on any atom is 0.262 e. The van der Waals surface area contributed by atoms with Gasteiger partial charge >= 0.3 is 0 Å². The van der Waals surface area contributed by atoms with Crippen LogP contribution in [0.15, 0.2) is 23.0 Å². The molecular weight excluding hydrogens is 348 g/mol. The van der Waals surface area contributed by atoms with Gasteiger partial charge in [-0.2, -0.15) is 0 Å². The van der Waals surface area contributed by atoms with E-state index in [0.717, 1.165) is 0 Å². The highest BCUT2D eigenvalue weighted by atomic mass is 16.2. The minimum absolute atomic E-state index is 0.173. The quantitative estimate of drug-likeness (QED) is 0.760. The van der Waals surface area contributed by atoms with Gasteiger partial charge in [-0.3, -0.25) is 29.1 Å². The number of hydrogen-bond donors (Lipinski definition) is 2. The van der Waals surface area contributed by atoms with Gasteiger partial charge in [0.15, 0.2) is 0 Å². The molecule has 140 valence electrons. The van der Waals surface area contributed by atoms with Crippen molar-refractivity contribution in [2.45, 2.75) is 45.1 Å². The second kappa shape index (κ2) is 6.00. The van der Waals surface area contributed by atoms with Gasteiger partial charge in [-0.05, 0) is 44.2 Å². The van der Waals surface area contributed by atoms with Crippen LogP contribution in [0.2, 0.25) is 0 Å². The molecule has 3 N–H and O–H groups in total. The predicted molar refractivity (Wildman–Crippen MR) is 96.7 cm³/mol. The summed E-state index contributed by atoms with van der Waals surface area (Å²) < 4.78 is 1.36. The maximum atomic E-state index is 13.3. The molecule has 0 spiro atoms. The molecule has 1 aliphatic carbocycles. The molecule has 0 radical (unpaired) electrons. The number of carbonyl (C=O) groups excluding carboxylic acids is 3. The summed E-state index contributed by atoms with van der Waals surface area (Å²) in [5.41, 5.74) is 5.86. The van der Waals surface area contributed by atoms with Gasteiger partial charge in [0.25, 0.3) is 5.56 Å². The number of piperidine rings is 1. The number of benzene rings is 1. The SMILES string of the molecule is Cc1nc2cccc(CC3(C(N)=O)CC3)c2c(=O)n1C1CCC(=O)NC1=O. The molecule has 3 amide bonds. The van der Waals surface area contributed by atoms with E-state index < -0.39 is 17.4 Å². The van der Waals surface area contributed by atoms with E-state index in [-0.39, 0.29) is 30.2 Å². The summed E-state index contributed by atoms with van der Waals surface area (Å²) in [6, 6.07) is 4.58. The van der Waals surface area contributed by atoms with Crippen molar-refractivity contribution >= 4 is 28.6 Å². The standard InChI is InChI=1S/C19H20N4O4/c1-10-21-12-4-2-3-11(9-19(7-8-19)18(20)27)15(12)17(26)23(10)13-5-6-14(24)22-16(13)25/h2-4,13H,5-9H2,1H3,(H2,20,27)(H,22,24,25). The van der Waals surface area contributed by atoms with Crippen molar-refractivity contribution in [1.29, 1.82) is 0 Å². The smallest absolute Gasteiger partial charge is 0.262 e. The zero-order valence-electron chi connectivity index (χ0n) is 14.9. The Morgan fingerprint density at radius 3 is 2.70 bits per heavy atom. The second-order valence-corrected chi connectivity index (χ2v) is 7.43. The van der Waals surface area contributed by atoms with Crippen LogP contribution in [0.5, 0.6) is 0 Å². The van der Waals surface area contributed by atoms with Gasteiger partial charge in [0.05, 0.1) is 16.3 Å². The summed E-state index contributed by atoms with van der Waals surface area (Å²) in [4.78, 5) is 53.3. The number of nitrogens with two attached hydrogens (primary N) is 1. The minimum Gasteiger partial charge on any atom is -0.369 e. The summed E-state index contributed by atoms with van der Waals surface area (Å²) in [6.07, 6.45) is 2.23. The first-order valence-electron chi connectivity index (χ1n) is 8.97. The lowest BCUT2D eigenvalue weighted by molar-refractivity contribution is -0.135. The Morgan fingerprint density at radius 1 is 1.33 bits per heavy atom. The Labute approximate surface area is 154 Å². The molecule has 2 aromatic rings. The van der Waals surface area contributed by atoms with Crippen molar-refractivity contribution in [1.82, 2.24) is 14.9 Å². The minimum atomic E-state index is -0.772. The molecule has 8 heteroatoms. The molecule has 8 nitrogen and oxygen atoms in total. The van der Waals surface area contributed by atoms with Crippen LogP contribution in [0.3, 0.4) is 0 Å². The number of amides is 3. The Balaban J connectivity index is 1.86. The van der Waals surface area contributed by atoms with E-state index >= 15 is 0 Å². The van der Waals surface area contributed by atoms with E-state index in [9.17, 15) is 19.2 Å². The highest BCUT2D eigenvalue weighted by Gasteiger charge is 2.48. The lowest BCUT2D eigenvalue weighted by atomic mass is 9.93. The number of imide groups is 1. The summed E-state index contributed by atoms with van der Waals surface area (Å²) in [6.45, 7) is 1.67. The van der Waals surface area contributed by atoms with E-state index in [1.807, 2.05) is 0 Å². The number of fused-ring (bicyclic) bond motifs is 1. The number of nitrogens with one attached hydrogen (secondary N) is 1. The van der Waals surface area contributed by atoms with Gasteiger partial charge in [-0.15, -0.1) is 0 Å². The van der Waals surface area contributed by atoms with Crippen LogP contribution in [-0.2, 0) is 20.8 Å². The van der Waals surface area contributed by atoms with Gasteiger partial charge in [0.2, 0.25) is 17.7 Å². The first-order valence-corrected chi connectivity index (χ1v) is 8.97. The van der Waals surface area contributed by atoms with Gasteiger partial charge in [-0.25, -0.2) is 4.98 Å². The zero-order chi connectivity index (χ0) is 19.3. The van der Waals surface area contributed by atoms with E-state index in [2.05, 4.69) is 10.3 Å². The molecular formula is C19H20N4O4. The highest BCUT2D eigenvalue weighted by molar-refractivity contribution is 5.99. The topological polar surface area (TPSA) is 124 Å². The van der Waals surface area contributed by atoms with Crippen LogP contribution < -0.4 is 16.6 Å². The molecule has 1 unspecified atom stereocenters. The highest BCUT2D eigenvalue weighted by Crippen LogP contribution is 2.48. The third-order valence-electron chi connectivity index (χ3n) is 5.62. The van der Waals surface area contributed by atoms with E-state index in [0.29, 0.717) is 41.6 Å². The molecule has 27 heavy (non-hydrogen) atoms. The van der Waals surface area contributed by atoms with Crippen molar-refractivity contribution in [3.8, 4) is 0 Å². The molecule has 0 bridgehead atoms. The number of primary amides is 1. The Bertz CT molecular complexity index is 1050.